The number of anilines is 1. The Morgan fingerprint density at radius 3 is 2.75 bits per heavy atom. The fourth-order valence-corrected chi connectivity index (χ4v) is 2.93. The van der Waals surface area contributed by atoms with Gasteiger partial charge in [0.2, 0.25) is 0 Å². The van der Waals surface area contributed by atoms with Crippen LogP contribution in [0.3, 0.4) is 0 Å². The SMILES string of the molecule is C#CCOc1cc(Br)c(/C=C(/C#N)C(=O)Nc2cccc(Cl)c2Cl)cc1OC. The van der Waals surface area contributed by atoms with Gasteiger partial charge in [0.05, 0.1) is 22.8 Å². The molecular formula is C20H13BrCl2N2O3. The van der Waals surface area contributed by atoms with Crippen LogP contribution in [0.5, 0.6) is 11.5 Å². The highest BCUT2D eigenvalue weighted by atomic mass is 79.9. The Hall–Kier alpha value is -2.64. The Balaban J connectivity index is 2.35. The predicted octanol–water partition coefficient (Wildman–Crippen LogP) is 5.32. The van der Waals surface area contributed by atoms with Crippen molar-refractivity contribution >= 4 is 56.8 Å². The lowest BCUT2D eigenvalue weighted by Gasteiger charge is -2.12. The first-order valence-electron chi connectivity index (χ1n) is 7.72. The van der Waals surface area contributed by atoms with Crippen molar-refractivity contribution in [3.63, 3.8) is 0 Å². The highest BCUT2D eigenvalue weighted by Gasteiger charge is 2.15. The van der Waals surface area contributed by atoms with Crippen molar-refractivity contribution in [3.05, 3.63) is 56.0 Å². The first-order chi connectivity index (χ1) is 13.4. The Labute approximate surface area is 181 Å². The van der Waals surface area contributed by atoms with E-state index in [0.717, 1.165) is 0 Å². The number of nitriles is 1. The van der Waals surface area contributed by atoms with Gasteiger partial charge >= 0.3 is 0 Å². The average molecular weight is 480 g/mol. The van der Waals surface area contributed by atoms with Crippen LogP contribution in [-0.2, 0) is 4.79 Å². The first-order valence-corrected chi connectivity index (χ1v) is 9.27. The van der Waals surface area contributed by atoms with Gasteiger partial charge in [0.1, 0.15) is 18.2 Å². The maximum atomic E-state index is 12.5. The molecule has 0 fully saturated rings. The molecule has 0 bridgehead atoms. The lowest BCUT2D eigenvalue weighted by Crippen LogP contribution is -2.13. The Bertz CT molecular complexity index is 1020. The summed E-state index contributed by atoms with van der Waals surface area (Å²) >= 11 is 15.4. The van der Waals surface area contributed by atoms with Gasteiger partial charge in [0.15, 0.2) is 11.5 Å². The van der Waals surface area contributed by atoms with Crippen molar-refractivity contribution < 1.29 is 14.3 Å². The summed E-state index contributed by atoms with van der Waals surface area (Å²) in [5.74, 6) is 2.57. The number of nitrogens with one attached hydrogen (secondary N) is 1. The summed E-state index contributed by atoms with van der Waals surface area (Å²) in [5, 5.41) is 12.5. The average Bonchev–Trinajstić information content (AvgIpc) is 2.68. The fourth-order valence-electron chi connectivity index (χ4n) is 2.15. The summed E-state index contributed by atoms with van der Waals surface area (Å²) in [6, 6.07) is 9.94. The van der Waals surface area contributed by atoms with E-state index in [9.17, 15) is 10.1 Å². The van der Waals surface area contributed by atoms with Crippen LogP contribution in [0.15, 0.2) is 40.4 Å². The minimum absolute atomic E-state index is 0.0736. The van der Waals surface area contributed by atoms with Crippen LogP contribution < -0.4 is 14.8 Å². The second-order valence-electron chi connectivity index (χ2n) is 5.24. The van der Waals surface area contributed by atoms with Gasteiger partial charge in [-0.25, -0.2) is 0 Å². The number of rotatable bonds is 6. The zero-order valence-corrected chi connectivity index (χ0v) is 17.7. The molecule has 0 atom stereocenters. The molecule has 2 aromatic carbocycles. The lowest BCUT2D eigenvalue weighted by molar-refractivity contribution is -0.112. The van der Waals surface area contributed by atoms with Gasteiger partial charge in [0, 0.05) is 4.47 Å². The lowest BCUT2D eigenvalue weighted by atomic mass is 10.1. The summed E-state index contributed by atoms with van der Waals surface area (Å²) in [4.78, 5) is 12.5. The quantitative estimate of drug-likeness (QED) is 0.345. The third-order valence-corrected chi connectivity index (χ3v) is 4.96. The minimum atomic E-state index is -0.634. The van der Waals surface area contributed by atoms with Crippen molar-refractivity contribution in [1.82, 2.24) is 0 Å². The van der Waals surface area contributed by atoms with E-state index in [-0.39, 0.29) is 22.2 Å². The minimum Gasteiger partial charge on any atom is -0.493 e. The van der Waals surface area contributed by atoms with Gasteiger partial charge in [-0.05, 0) is 35.9 Å². The van der Waals surface area contributed by atoms with E-state index in [1.165, 1.54) is 13.2 Å². The number of carbonyl (C=O) groups excluding carboxylic acids is 1. The molecule has 2 aromatic rings. The van der Waals surface area contributed by atoms with Gasteiger partial charge in [0.25, 0.3) is 5.91 Å². The van der Waals surface area contributed by atoms with Gasteiger partial charge in [-0.15, -0.1) is 6.42 Å². The molecule has 8 heteroatoms. The van der Waals surface area contributed by atoms with Crippen molar-refractivity contribution in [1.29, 1.82) is 5.26 Å². The number of ether oxygens (including phenoxy) is 2. The Morgan fingerprint density at radius 1 is 1.36 bits per heavy atom. The molecule has 0 aliphatic heterocycles. The molecule has 142 valence electrons. The van der Waals surface area contributed by atoms with E-state index in [4.69, 9.17) is 39.1 Å². The van der Waals surface area contributed by atoms with Crippen LogP contribution in [0, 0.1) is 23.7 Å². The van der Waals surface area contributed by atoms with Crippen LogP contribution in [0.2, 0.25) is 10.0 Å². The summed E-state index contributed by atoms with van der Waals surface area (Å²) in [7, 11) is 1.47. The molecule has 0 radical (unpaired) electrons. The smallest absolute Gasteiger partial charge is 0.266 e. The maximum absolute atomic E-state index is 12.5. The first kappa shape index (κ1) is 21.7. The zero-order chi connectivity index (χ0) is 20.7. The van der Waals surface area contributed by atoms with Crippen LogP contribution in [-0.4, -0.2) is 19.6 Å². The predicted molar refractivity (Wildman–Crippen MR) is 114 cm³/mol. The van der Waals surface area contributed by atoms with Gasteiger partial charge in [-0.2, -0.15) is 5.26 Å². The van der Waals surface area contributed by atoms with Crippen LogP contribution in [0.25, 0.3) is 6.08 Å². The Kier molecular flexibility index (Phi) is 7.78. The third-order valence-electron chi connectivity index (χ3n) is 3.46. The third kappa shape index (κ3) is 5.21. The number of nitrogens with zero attached hydrogens (tertiary/aromatic N) is 1. The van der Waals surface area contributed by atoms with E-state index in [1.807, 2.05) is 6.07 Å². The monoisotopic (exact) mass is 478 g/mol. The fraction of sp³-hybridized carbons (Fsp3) is 0.100. The standard InChI is InChI=1S/C20H13BrCl2N2O3/c1-3-7-28-18-10-14(21)12(9-17(18)27-2)8-13(11-24)20(26)25-16-6-4-5-15(22)19(16)23/h1,4-6,8-10H,7H2,2H3,(H,25,26)/b13-8-. The molecule has 0 saturated heterocycles. The molecule has 0 aliphatic rings. The largest absolute Gasteiger partial charge is 0.493 e. The van der Waals surface area contributed by atoms with E-state index < -0.39 is 5.91 Å². The normalized spacial score (nSPS) is 10.6. The molecule has 0 aromatic heterocycles. The summed E-state index contributed by atoms with van der Waals surface area (Å²) in [6.07, 6.45) is 6.61. The molecule has 1 amide bonds. The number of carbonyl (C=O) groups is 1. The number of amides is 1. The molecule has 5 nitrogen and oxygen atoms in total. The zero-order valence-electron chi connectivity index (χ0n) is 14.6. The second kappa shape index (κ2) is 10.1. The maximum Gasteiger partial charge on any atom is 0.266 e. The number of hydrogen-bond acceptors (Lipinski definition) is 4. The summed E-state index contributed by atoms with van der Waals surface area (Å²) in [6.45, 7) is 0.0736. The summed E-state index contributed by atoms with van der Waals surface area (Å²) < 4.78 is 11.3. The van der Waals surface area contributed by atoms with Crippen LogP contribution in [0.1, 0.15) is 5.56 Å². The van der Waals surface area contributed by atoms with Crippen molar-refractivity contribution in [2.75, 3.05) is 19.0 Å². The topological polar surface area (TPSA) is 71.3 Å². The number of halogens is 3. The van der Waals surface area contributed by atoms with Gasteiger partial charge < -0.3 is 14.8 Å². The number of hydrogen-bond donors (Lipinski definition) is 1. The molecule has 0 unspecified atom stereocenters. The molecule has 0 heterocycles. The van der Waals surface area contributed by atoms with E-state index in [1.54, 1.807) is 30.3 Å². The number of benzene rings is 2. The molecular weight excluding hydrogens is 467 g/mol. The van der Waals surface area contributed by atoms with Gasteiger partial charge in [-0.1, -0.05) is 51.1 Å². The highest BCUT2D eigenvalue weighted by Crippen LogP contribution is 2.35. The Morgan fingerprint density at radius 2 is 2.11 bits per heavy atom. The van der Waals surface area contributed by atoms with Crippen molar-refractivity contribution in [3.8, 4) is 29.9 Å². The van der Waals surface area contributed by atoms with Crippen molar-refractivity contribution in [2.24, 2.45) is 0 Å². The highest BCUT2D eigenvalue weighted by molar-refractivity contribution is 9.10. The van der Waals surface area contributed by atoms with Gasteiger partial charge in [-0.3, -0.25) is 4.79 Å². The molecule has 0 aliphatic carbocycles. The second-order valence-corrected chi connectivity index (χ2v) is 6.88. The van der Waals surface area contributed by atoms with Crippen LogP contribution >= 0.6 is 39.1 Å². The number of terminal acetylenes is 1. The molecule has 0 spiro atoms. The molecule has 1 N–H and O–H groups in total. The van der Waals surface area contributed by atoms with E-state index in [2.05, 4.69) is 27.2 Å². The van der Waals surface area contributed by atoms with E-state index >= 15 is 0 Å². The molecule has 2 rings (SSSR count). The number of methoxy groups -OCH3 is 1. The van der Waals surface area contributed by atoms with Crippen LogP contribution in [0.4, 0.5) is 5.69 Å². The molecule has 0 saturated carbocycles. The van der Waals surface area contributed by atoms with E-state index in [0.29, 0.717) is 27.2 Å². The van der Waals surface area contributed by atoms with Crippen molar-refractivity contribution in [2.45, 2.75) is 0 Å². The summed E-state index contributed by atoms with van der Waals surface area (Å²) in [5.41, 5.74) is 0.694. The molecule has 28 heavy (non-hydrogen) atoms.